The molecule has 0 spiro atoms. The topological polar surface area (TPSA) is 0 Å². The Balaban J connectivity index is 0.000000706. The van der Waals surface area contributed by atoms with Crippen LogP contribution in [0.15, 0.2) is 97.1 Å². The van der Waals surface area contributed by atoms with Gasteiger partial charge in [0.2, 0.25) is 0 Å². The molecule has 2 atom stereocenters. The van der Waals surface area contributed by atoms with Crippen LogP contribution < -0.4 is 0 Å². The fourth-order valence-corrected chi connectivity index (χ4v) is 14.3. The van der Waals surface area contributed by atoms with Crippen LogP contribution in [-0.2, 0) is 0 Å². The Labute approximate surface area is 183 Å². The predicted molar refractivity (Wildman–Crippen MR) is 131 cm³/mol. The van der Waals surface area contributed by atoms with Crippen molar-refractivity contribution in [1.82, 2.24) is 0 Å². The van der Waals surface area contributed by atoms with Gasteiger partial charge in [0.15, 0.2) is 0 Å². The van der Waals surface area contributed by atoms with E-state index >= 15 is 0 Å². The molecular formula is C24H25BiCl2Si. The molecule has 2 radical (unpaired) electrons. The molecule has 2 aliphatic rings. The van der Waals surface area contributed by atoms with Gasteiger partial charge in [0.1, 0.15) is 0 Å². The van der Waals surface area contributed by atoms with Crippen molar-refractivity contribution in [3.8, 4) is 0 Å². The first kappa shape index (κ1) is 21.8. The molecule has 2 aromatic carbocycles. The first-order chi connectivity index (χ1) is 13.6. The van der Waals surface area contributed by atoms with Gasteiger partial charge >= 0.3 is 162 Å². The number of rotatable bonds is 4. The molecule has 0 saturated heterocycles. The van der Waals surface area contributed by atoms with E-state index in [9.17, 15) is 0 Å². The zero-order valence-corrected chi connectivity index (χ0v) is 22.3. The Morgan fingerprint density at radius 1 is 0.679 bits per heavy atom. The quantitative estimate of drug-likeness (QED) is 0.311. The van der Waals surface area contributed by atoms with Crippen LogP contribution >= 0.6 is 17.0 Å². The molecule has 28 heavy (non-hydrogen) atoms. The van der Waals surface area contributed by atoms with Crippen LogP contribution in [0.2, 0.25) is 20.3 Å². The summed E-state index contributed by atoms with van der Waals surface area (Å²) < 4.78 is 0.388. The van der Waals surface area contributed by atoms with Crippen LogP contribution in [-0.4, -0.2) is 27.4 Å². The normalized spacial score (nSPS) is 20.4. The molecule has 4 rings (SSSR count). The molecular weight excluding hydrogens is 596 g/mol. The zero-order chi connectivity index (χ0) is 20.0. The van der Waals surface area contributed by atoms with Gasteiger partial charge in [-0.15, -0.1) is 0 Å². The van der Waals surface area contributed by atoms with E-state index in [4.69, 9.17) is 17.0 Å². The second-order valence-corrected chi connectivity index (χ2v) is 28.7. The number of allylic oxidation sites excluding steroid dienone is 8. The van der Waals surface area contributed by atoms with Crippen molar-refractivity contribution < 1.29 is 0 Å². The zero-order valence-electron chi connectivity index (χ0n) is 16.2. The Kier molecular flexibility index (Phi) is 7.94. The third kappa shape index (κ3) is 5.16. The summed E-state index contributed by atoms with van der Waals surface area (Å²) in [6.45, 7) is 4.42. The number of halogens is 2. The van der Waals surface area contributed by atoms with Gasteiger partial charge in [0.05, 0.1) is 0 Å². The van der Waals surface area contributed by atoms with Crippen LogP contribution in [0.5, 0.6) is 0 Å². The van der Waals surface area contributed by atoms with Crippen molar-refractivity contribution >= 4 is 55.6 Å². The van der Waals surface area contributed by atoms with E-state index in [1.807, 2.05) is 12.1 Å². The first-order valence-electron chi connectivity index (χ1n) is 9.49. The summed E-state index contributed by atoms with van der Waals surface area (Å²) in [5, 5.41) is 0. The van der Waals surface area contributed by atoms with Crippen molar-refractivity contribution in [3.63, 3.8) is 0 Å². The van der Waals surface area contributed by atoms with Gasteiger partial charge in [0.25, 0.3) is 0 Å². The van der Waals surface area contributed by atoms with Crippen molar-refractivity contribution in [2.24, 2.45) is 0 Å². The second-order valence-electron chi connectivity index (χ2n) is 6.86. The van der Waals surface area contributed by atoms with E-state index in [0.717, 1.165) is 9.52 Å². The number of hydrogen-bond acceptors (Lipinski definition) is 0. The molecule has 2 aromatic rings. The van der Waals surface area contributed by atoms with Crippen LogP contribution in [0.1, 0.15) is 11.1 Å². The predicted octanol–water partition coefficient (Wildman–Crippen LogP) is 7.47. The molecule has 144 valence electrons. The van der Waals surface area contributed by atoms with Crippen molar-refractivity contribution in [3.05, 3.63) is 108 Å². The van der Waals surface area contributed by atoms with E-state index in [2.05, 4.69) is 98.1 Å². The molecule has 4 heteroatoms. The Morgan fingerprint density at radius 3 is 1.39 bits per heavy atom. The van der Waals surface area contributed by atoms with Gasteiger partial charge in [-0.1, -0.05) is 13.1 Å². The van der Waals surface area contributed by atoms with Gasteiger partial charge in [0, 0.05) is 9.52 Å². The van der Waals surface area contributed by atoms with Gasteiger partial charge in [-0.25, -0.2) is 0 Å². The molecule has 0 N–H and O–H groups in total. The molecule has 0 aliphatic heterocycles. The Bertz CT molecular complexity index is 825. The second kappa shape index (κ2) is 10.2. The van der Waals surface area contributed by atoms with Gasteiger partial charge in [-0.3, -0.25) is 0 Å². The molecule has 0 nitrogen and oxygen atoms in total. The molecule has 0 aromatic heterocycles. The maximum absolute atomic E-state index is 7.04. The van der Waals surface area contributed by atoms with Crippen molar-refractivity contribution in [1.29, 1.82) is 0 Å². The number of hydrogen-bond donors (Lipinski definition) is 0. The summed E-state index contributed by atoms with van der Waals surface area (Å²) in [6, 6.07) is 20.8. The monoisotopic (exact) mass is 620 g/mol. The maximum atomic E-state index is 7.04. The summed E-state index contributed by atoms with van der Waals surface area (Å²) in [6.07, 6.45) is 13.2. The summed E-state index contributed by atoms with van der Waals surface area (Å²) >= 11 is -3.48. The van der Waals surface area contributed by atoms with Crippen LogP contribution in [0.4, 0.5) is 0 Å². The van der Waals surface area contributed by atoms with E-state index in [1.165, 1.54) is 22.3 Å². The minimum atomic E-state index is -3.48. The molecule has 2 aliphatic carbocycles. The fourth-order valence-electron chi connectivity index (χ4n) is 3.27. The summed E-state index contributed by atoms with van der Waals surface area (Å²) in [5.74, 6) is 0. The third-order valence-electron chi connectivity index (χ3n) is 4.66. The third-order valence-corrected chi connectivity index (χ3v) is 21.2. The van der Waals surface area contributed by atoms with Crippen molar-refractivity contribution in [2.75, 3.05) is 0 Å². The summed E-state index contributed by atoms with van der Waals surface area (Å²) in [5.41, 5.74) is 4.90. The van der Waals surface area contributed by atoms with Crippen LogP contribution in [0, 0.1) is 0 Å². The average Bonchev–Trinajstić information content (AvgIpc) is 3.41. The first-order valence-corrected chi connectivity index (χ1v) is 24.4. The molecule has 0 fully saturated rings. The summed E-state index contributed by atoms with van der Waals surface area (Å²) in [7, 11) is 14.8. The number of benzene rings is 2. The average molecular weight is 621 g/mol. The van der Waals surface area contributed by atoms with Gasteiger partial charge in [-0.2, -0.15) is 0 Å². The molecule has 2 unspecified atom stereocenters. The van der Waals surface area contributed by atoms with Crippen molar-refractivity contribution in [2.45, 2.75) is 20.3 Å². The summed E-state index contributed by atoms with van der Waals surface area (Å²) in [4.78, 5) is 0. The van der Waals surface area contributed by atoms with E-state index < -0.39 is 17.9 Å². The van der Waals surface area contributed by atoms with Crippen LogP contribution in [0.25, 0.3) is 11.1 Å². The standard InChI is InChI=1S/2C11H9.C2H7Si.Bi.2ClH/c2*1-2-6-10(7-3-1)11-8-4-5-9-11;1-3-2;;;/h2*1-9H;3H,1-2H3;;2*1H/q;;;+2;;/p-2. The van der Waals surface area contributed by atoms with E-state index in [-0.39, 0.29) is 7.25 Å². The SMILES string of the molecule is C[SiH]C.[Cl][Bi]([Cl])([CH]1C=CC(c2ccccc2)=C1)[CH]1C=CC(c2ccccc2)=C1. The van der Waals surface area contributed by atoms with E-state index in [0.29, 0.717) is 0 Å². The molecule has 0 saturated carbocycles. The van der Waals surface area contributed by atoms with Crippen LogP contribution in [0.3, 0.4) is 0 Å². The molecule has 0 amide bonds. The van der Waals surface area contributed by atoms with Gasteiger partial charge in [-0.05, 0) is 0 Å². The fraction of sp³-hybridized carbons (Fsp3) is 0.167. The minimum absolute atomic E-state index is 0.194. The Morgan fingerprint density at radius 2 is 1.04 bits per heavy atom. The molecule has 0 heterocycles. The Hall–Kier alpha value is -0.920. The van der Waals surface area contributed by atoms with Gasteiger partial charge < -0.3 is 0 Å². The van der Waals surface area contributed by atoms with E-state index in [1.54, 1.807) is 0 Å². The molecule has 0 bridgehead atoms.